The lowest BCUT2D eigenvalue weighted by molar-refractivity contribution is 0.508. The second-order valence-electron chi connectivity index (χ2n) is 4.28. The second kappa shape index (κ2) is 7.09. The molecule has 3 nitrogen and oxygen atoms in total. The van der Waals surface area contributed by atoms with Gasteiger partial charge in [0.15, 0.2) is 5.17 Å². The van der Waals surface area contributed by atoms with Crippen molar-refractivity contribution in [2.75, 3.05) is 6.54 Å². The molecule has 0 saturated heterocycles. The van der Waals surface area contributed by atoms with E-state index in [1.165, 1.54) is 5.56 Å². The van der Waals surface area contributed by atoms with E-state index in [1.807, 2.05) is 12.3 Å². The Morgan fingerprint density at radius 1 is 1.41 bits per heavy atom. The predicted octanol–water partition coefficient (Wildman–Crippen LogP) is 2.90. The van der Waals surface area contributed by atoms with E-state index in [-0.39, 0.29) is 30.4 Å². The van der Waals surface area contributed by atoms with Gasteiger partial charge < -0.3 is 5.32 Å². The summed E-state index contributed by atoms with van der Waals surface area (Å²) < 4.78 is 0. The van der Waals surface area contributed by atoms with Gasteiger partial charge in [-0.2, -0.15) is 0 Å². The lowest BCUT2D eigenvalue weighted by atomic mass is 10.1. The molecule has 0 fully saturated rings. The molecule has 2 heterocycles. The van der Waals surface area contributed by atoms with Gasteiger partial charge in [-0.3, -0.25) is 9.98 Å². The Bertz CT molecular complexity index is 368. The molecule has 0 unspecified atom stereocenters. The number of amidine groups is 1. The maximum atomic E-state index is 4.45. The van der Waals surface area contributed by atoms with Crippen LogP contribution >= 0.6 is 36.6 Å². The van der Waals surface area contributed by atoms with Crippen molar-refractivity contribution < 1.29 is 0 Å². The lowest BCUT2D eigenvalue weighted by Gasteiger charge is -2.17. The Morgan fingerprint density at radius 3 is 2.71 bits per heavy atom. The van der Waals surface area contributed by atoms with E-state index in [0.29, 0.717) is 0 Å². The average molecular weight is 294 g/mol. The Hall–Kier alpha value is -0.450. The summed E-state index contributed by atoms with van der Waals surface area (Å²) >= 11 is 1.74. The summed E-state index contributed by atoms with van der Waals surface area (Å²) in [5, 5.41) is 4.44. The van der Waals surface area contributed by atoms with Crippen molar-refractivity contribution in [2.24, 2.45) is 4.99 Å². The summed E-state index contributed by atoms with van der Waals surface area (Å²) in [4.78, 5) is 8.54. The van der Waals surface area contributed by atoms with Gasteiger partial charge >= 0.3 is 0 Å². The van der Waals surface area contributed by atoms with Crippen molar-refractivity contribution >= 4 is 41.7 Å². The highest BCUT2D eigenvalue weighted by atomic mass is 35.5. The highest BCUT2D eigenvalue weighted by molar-refractivity contribution is 8.13. The summed E-state index contributed by atoms with van der Waals surface area (Å²) in [6.45, 7) is 5.19. The van der Waals surface area contributed by atoms with Gasteiger partial charge in [0.2, 0.25) is 0 Å². The normalized spacial score (nSPS) is 16.2. The Labute approximate surface area is 119 Å². The molecule has 0 saturated carbocycles. The van der Waals surface area contributed by atoms with E-state index in [1.54, 1.807) is 18.0 Å². The van der Waals surface area contributed by atoms with Crippen LogP contribution < -0.4 is 5.32 Å². The zero-order chi connectivity index (χ0) is 10.7. The van der Waals surface area contributed by atoms with E-state index in [4.69, 9.17) is 0 Å². The quantitative estimate of drug-likeness (QED) is 0.911. The molecule has 1 aliphatic rings. The molecule has 6 heteroatoms. The SMILES string of the molecule is CC1(C)CN=C(SCc2cccnc2)N1.Cl.Cl. The van der Waals surface area contributed by atoms with Crippen LogP contribution in [0.2, 0.25) is 0 Å². The smallest absolute Gasteiger partial charge is 0.157 e. The molecule has 0 amide bonds. The molecule has 0 bridgehead atoms. The number of nitrogens with zero attached hydrogens (tertiary/aromatic N) is 2. The Morgan fingerprint density at radius 2 is 2.18 bits per heavy atom. The van der Waals surface area contributed by atoms with Gasteiger partial charge in [0, 0.05) is 18.1 Å². The zero-order valence-corrected chi connectivity index (χ0v) is 12.3. The van der Waals surface area contributed by atoms with Gasteiger partial charge in [0.1, 0.15) is 0 Å². The zero-order valence-electron chi connectivity index (χ0n) is 9.84. The van der Waals surface area contributed by atoms with E-state index < -0.39 is 0 Å². The molecule has 2 rings (SSSR count). The topological polar surface area (TPSA) is 37.3 Å². The molecule has 96 valence electrons. The van der Waals surface area contributed by atoms with Crippen LogP contribution in [0.25, 0.3) is 0 Å². The van der Waals surface area contributed by atoms with Crippen LogP contribution in [0.3, 0.4) is 0 Å². The lowest BCUT2D eigenvalue weighted by Crippen LogP contribution is -2.38. The monoisotopic (exact) mass is 293 g/mol. The molecule has 1 aliphatic heterocycles. The minimum absolute atomic E-state index is 0. The fourth-order valence-electron chi connectivity index (χ4n) is 1.35. The second-order valence-corrected chi connectivity index (χ2v) is 5.24. The number of aromatic nitrogens is 1. The molecule has 1 N–H and O–H groups in total. The summed E-state index contributed by atoms with van der Waals surface area (Å²) in [6, 6.07) is 4.05. The molecule has 0 spiro atoms. The van der Waals surface area contributed by atoms with Crippen molar-refractivity contribution in [3.8, 4) is 0 Å². The predicted molar refractivity (Wildman–Crippen MR) is 79.5 cm³/mol. The molecule has 0 atom stereocenters. The van der Waals surface area contributed by atoms with E-state index in [0.717, 1.165) is 17.5 Å². The minimum atomic E-state index is 0. The van der Waals surface area contributed by atoms with Gasteiger partial charge in [-0.25, -0.2) is 0 Å². The molecule has 0 aliphatic carbocycles. The first kappa shape index (κ1) is 16.6. The first-order valence-corrected chi connectivity index (χ1v) is 5.99. The maximum absolute atomic E-state index is 4.45. The van der Waals surface area contributed by atoms with Crippen molar-refractivity contribution in [2.45, 2.75) is 25.1 Å². The number of nitrogens with one attached hydrogen (secondary N) is 1. The largest absolute Gasteiger partial charge is 0.358 e. The number of rotatable bonds is 2. The fourth-order valence-corrected chi connectivity index (χ4v) is 2.33. The first-order valence-electron chi connectivity index (χ1n) is 5.00. The van der Waals surface area contributed by atoms with Crippen LogP contribution in [0.5, 0.6) is 0 Å². The number of aliphatic imine (C=N–C) groups is 1. The molecule has 0 radical (unpaired) electrons. The third-order valence-electron chi connectivity index (χ3n) is 2.16. The summed E-state index contributed by atoms with van der Waals surface area (Å²) in [5.74, 6) is 0.926. The highest BCUT2D eigenvalue weighted by Gasteiger charge is 2.24. The third kappa shape index (κ3) is 5.15. The fraction of sp³-hybridized carbons (Fsp3) is 0.455. The van der Waals surface area contributed by atoms with Gasteiger partial charge in [-0.05, 0) is 25.5 Å². The van der Waals surface area contributed by atoms with Gasteiger partial charge in [-0.15, -0.1) is 24.8 Å². The number of thioether (sulfide) groups is 1. The third-order valence-corrected chi connectivity index (χ3v) is 3.14. The van der Waals surface area contributed by atoms with Crippen molar-refractivity contribution in [1.29, 1.82) is 0 Å². The van der Waals surface area contributed by atoms with Crippen molar-refractivity contribution in [3.63, 3.8) is 0 Å². The Kier molecular flexibility index (Phi) is 6.90. The standard InChI is InChI=1S/C11H15N3S.2ClH/c1-11(2)8-13-10(14-11)15-7-9-4-3-5-12-6-9;;/h3-6H,7-8H2,1-2H3,(H,13,14);2*1H. The van der Waals surface area contributed by atoms with Gasteiger partial charge in [0.05, 0.1) is 12.1 Å². The van der Waals surface area contributed by atoms with Crippen molar-refractivity contribution in [3.05, 3.63) is 30.1 Å². The number of hydrogen-bond acceptors (Lipinski definition) is 4. The molecule has 0 aromatic carbocycles. The van der Waals surface area contributed by atoms with Crippen LogP contribution in [0.1, 0.15) is 19.4 Å². The maximum Gasteiger partial charge on any atom is 0.157 e. The molecule has 1 aromatic heterocycles. The molecular weight excluding hydrogens is 277 g/mol. The van der Waals surface area contributed by atoms with Crippen LogP contribution in [0, 0.1) is 0 Å². The van der Waals surface area contributed by atoms with Crippen molar-refractivity contribution in [1.82, 2.24) is 10.3 Å². The average Bonchev–Trinajstić information content (AvgIpc) is 2.57. The van der Waals surface area contributed by atoms with Crippen LogP contribution in [-0.2, 0) is 5.75 Å². The van der Waals surface area contributed by atoms with Crippen LogP contribution in [0.4, 0.5) is 0 Å². The van der Waals surface area contributed by atoms with Gasteiger partial charge in [0.25, 0.3) is 0 Å². The van der Waals surface area contributed by atoms with E-state index >= 15 is 0 Å². The van der Waals surface area contributed by atoms with Crippen LogP contribution in [0.15, 0.2) is 29.5 Å². The number of hydrogen-bond donors (Lipinski definition) is 1. The minimum Gasteiger partial charge on any atom is -0.358 e. The molecule has 1 aromatic rings. The van der Waals surface area contributed by atoms with E-state index in [2.05, 4.69) is 35.2 Å². The summed E-state index contributed by atoms with van der Waals surface area (Å²) in [5.41, 5.74) is 1.36. The molecule has 17 heavy (non-hydrogen) atoms. The summed E-state index contributed by atoms with van der Waals surface area (Å²) in [7, 11) is 0. The molecular formula is C11H17Cl2N3S. The highest BCUT2D eigenvalue weighted by Crippen LogP contribution is 2.18. The Balaban J connectivity index is 0.00000128. The van der Waals surface area contributed by atoms with Gasteiger partial charge in [-0.1, -0.05) is 17.8 Å². The van der Waals surface area contributed by atoms with E-state index in [9.17, 15) is 0 Å². The van der Waals surface area contributed by atoms with Crippen LogP contribution in [-0.4, -0.2) is 22.2 Å². The number of pyridine rings is 1. The summed E-state index contributed by atoms with van der Waals surface area (Å²) in [6.07, 6.45) is 3.69. The number of halogens is 2. The first-order chi connectivity index (χ1) is 7.16.